The summed E-state index contributed by atoms with van der Waals surface area (Å²) >= 11 is 0. The number of carbonyl (C=O) groups is 2. The van der Waals surface area contributed by atoms with E-state index in [2.05, 4.69) is 30.8 Å². The molecule has 0 spiro atoms. The lowest BCUT2D eigenvalue weighted by molar-refractivity contribution is -0.384. The van der Waals surface area contributed by atoms with Crippen molar-refractivity contribution in [3.63, 3.8) is 0 Å². The Bertz CT molecular complexity index is 659. The number of methoxy groups -OCH3 is 1. The van der Waals surface area contributed by atoms with Crippen LogP contribution in [0.4, 0.5) is 5.69 Å². The summed E-state index contributed by atoms with van der Waals surface area (Å²) < 4.78 is 4.58. The highest BCUT2D eigenvalue weighted by Crippen LogP contribution is 2.27. The second kappa shape index (κ2) is 6.98. The van der Waals surface area contributed by atoms with E-state index >= 15 is 0 Å². The zero-order valence-electron chi connectivity index (χ0n) is 14.9. The third-order valence-corrected chi connectivity index (χ3v) is 3.24. The molecule has 0 atom stereocenters. The minimum Gasteiger partial charge on any atom is -0.465 e. The number of nitro benzene ring substituents is 1. The van der Waals surface area contributed by atoms with E-state index in [9.17, 15) is 19.7 Å². The van der Waals surface area contributed by atoms with E-state index in [1.165, 1.54) is 13.2 Å². The highest BCUT2D eigenvalue weighted by molar-refractivity contribution is 5.99. The Labute approximate surface area is 141 Å². The van der Waals surface area contributed by atoms with Crippen molar-refractivity contribution in [2.45, 2.75) is 46.6 Å². The summed E-state index contributed by atoms with van der Waals surface area (Å²) in [5.74, 6) is -1.21. The summed E-state index contributed by atoms with van der Waals surface area (Å²) in [6.45, 7) is 9.94. The second-order valence-electron chi connectivity index (χ2n) is 7.59. The first-order valence-electron chi connectivity index (χ1n) is 7.55. The topological polar surface area (TPSA) is 98.5 Å². The van der Waals surface area contributed by atoms with Crippen LogP contribution >= 0.6 is 0 Å². The zero-order chi connectivity index (χ0) is 18.7. The van der Waals surface area contributed by atoms with Crippen LogP contribution in [0.2, 0.25) is 0 Å². The van der Waals surface area contributed by atoms with Gasteiger partial charge < -0.3 is 10.1 Å². The molecule has 0 saturated carbocycles. The zero-order valence-corrected chi connectivity index (χ0v) is 14.9. The smallest absolute Gasteiger partial charge is 0.338 e. The Morgan fingerprint density at radius 3 is 2.12 bits per heavy atom. The molecule has 1 rings (SSSR count). The van der Waals surface area contributed by atoms with Crippen LogP contribution in [0.5, 0.6) is 0 Å². The molecule has 0 aliphatic rings. The predicted molar refractivity (Wildman–Crippen MR) is 90.1 cm³/mol. The molecule has 1 aromatic carbocycles. The van der Waals surface area contributed by atoms with Gasteiger partial charge in [-0.2, -0.15) is 0 Å². The first-order valence-corrected chi connectivity index (χ1v) is 7.55. The highest BCUT2D eigenvalue weighted by Gasteiger charge is 2.28. The molecular weight excluding hydrogens is 312 g/mol. The second-order valence-corrected chi connectivity index (χ2v) is 7.59. The van der Waals surface area contributed by atoms with Gasteiger partial charge in [0.2, 0.25) is 0 Å². The number of hydrogen-bond donors (Lipinski definition) is 1. The number of ether oxygens (including phenoxy) is 1. The van der Waals surface area contributed by atoms with Crippen LogP contribution in [0.1, 0.15) is 61.8 Å². The Kier molecular flexibility index (Phi) is 5.71. The molecule has 132 valence electrons. The minimum atomic E-state index is -0.735. The highest BCUT2D eigenvalue weighted by atomic mass is 16.6. The van der Waals surface area contributed by atoms with Gasteiger partial charge in [0.05, 0.1) is 17.6 Å². The summed E-state index contributed by atoms with van der Waals surface area (Å²) in [6.07, 6.45) is 0.713. The molecule has 7 nitrogen and oxygen atoms in total. The third-order valence-electron chi connectivity index (χ3n) is 3.24. The van der Waals surface area contributed by atoms with Gasteiger partial charge >= 0.3 is 5.97 Å². The number of non-ortho nitro benzene ring substituents is 1. The van der Waals surface area contributed by atoms with E-state index in [0.29, 0.717) is 6.42 Å². The first kappa shape index (κ1) is 19.6. The lowest BCUT2D eigenvalue weighted by Gasteiger charge is -2.33. The van der Waals surface area contributed by atoms with Gasteiger partial charge in [-0.3, -0.25) is 14.9 Å². The number of amides is 1. The predicted octanol–water partition coefficient (Wildman–Crippen LogP) is 3.33. The van der Waals surface area contributed by atoms with Crippen molar-refractivity contribution in [2.75, 3.05) is 7.11 Å². The fraction of sp³-hybridized carbons (Fsp3) is 0.529. The maximum atomic E-state index is 12.5. The quantitative estimate of drug-likeness (QED) is 0.505. The number of rotatable bonds is 5. The molecule has 0 aromatic heterocycles. The van der Waals surface area contributed by atoms with E-state index < -0.39 is 22.3 Å². The van der Waals surface area contributed by atoms with Crippen LogP contribution in [0.25, 0.3) is 0 Å². The van der Waals surface area contributed by atoms with E-state index in [1.807, 2.05) is 13.8 Å². The summed E-state index contributed by atoms with van der Waals surface area (Å²) in [5.41, 5.74) is -0.837. The fourth-order valence-electron chi connectivity index (χ4n) is 2.83. The maximum Gasteiger partial charge on any atom is 0.338 e. The molecule has 0 aliphatic carbocycles. The molecule has 0 bridgehead atoms. The Morgan fingerprint density at radius 2 is 1.67 bits per heavy atom. The number of hydrogen-bond acceptors (Lipinski definition) is 5. The standard InChI is InChI=1S/C17H24N2O5/c1-16(2,3)10-17(4,5)18-14(20)11-7-12(15(21)24-6)9-13(8-11)19(22)23/h7-9H,10H2,1-6H3,(H,18,20). The minimum absolute atomic E-state index is 0.00333. The summed E-state index contributed by atoms with van der Waals surface area (Å²) in [5, 5.41) is 13.9. The molecule has 0 heterocycles. The number of nitro groups is 1. The number of nitrogens with one attached hydrogen (secondary N) is 1. The average molecular weight is 336 g/mol. The van der Waals surface area contributed by atoms with Crippen LogP contribution in [0, 0.1) is 15.5 Å². The molecule has 0 saturated heterocycles. The van der Waals surface area contributed by atoms with Crippen LogP contribution in [-0.4, -0.2) is 29.4 Å². The van der Waals surface area contributed by atoms with Gasteiger partial charge in [-0.05, 0) is 31.7 Å². The largest absolute Gasteiger partial charge is 0.465 e. The molecule has 0 unspecified atom stereocenters. The summed E-state index contributed by atoms with van der Waals surface area (Å²) in [7, 11) is 1.17. The molecule has 0 fully saturated rings. The van der Waals surface area contributed by atoms with Gasteiger partial charge in [0, 0.05) is 23.2 Å². The molecule has 0 radical (unpaired) electrons. The van der Waals surface area contributed by atoms with Crippen molar-refractivity contribution in [1.29, 1.82) is 0 Å². The van der Waals surface area contributed by atoms with Crippen molar-refractivity contribution < 1.29 is 19.2 Å². The van der Waals surface area contributed by atoms with E-state index in [-0.39, 0.29) is 22.2 Å². The van der Waals surface area contributed by atoms with Crippen molar-refractivity contribution in [2.24, 2.45) is 5.41 Å². The average Bonchev–Trinajstić information content (AvgIpc) is 2.42. The molecule has 1 N–H and O–H groups in total. The fourth-order valence-corrected chi connectivity index (χ4v) is 2.83. The molecule has 1 aromatic rings. The SMILES string of the molecule is COC(=O)c1cc(C(=O)NC(C)(C)CC(C)(C)C)cc([N+](=O)[O-])c1. The summed E-state index contributed by atoms with van der Waals surface area (Å²) in [6, 6.07) is 3.53. The van der Waals surface area contributed by atoms with Crippen molar-refractivity contribution >= 4 is 17.6 Å². The molecule has 24 heavy (non-hydrogen) atoms. The van der Waals surface area contributed by atoms with Crippen LogP contribution < -0.4 is 5.32 Å². The van der Waals surface area contributed by atoms with Gasteiger partial charge in [-0.25, -0.2) is 4.79 Å². The van der Waals surface area contributed by atoms with E-state index in [4.69, 9.17) is 0 Å². The third kappa shape index (κ3) is 5.64. The number of esters is 1. The van der Waals surface area contributed by atoms with Gasteiger partial charge in [0.15, 0.2) is 0 Å². The van der Waals surface area contributed by atoms with Crippen molar-refractivity contribution in [3.8, 4) is 0 Å². The van der Waals surface area contributed by atoms with Gasteiger partial charge in [-0.1, -0.05) is 20.8 Å². The Balaban J connectivity index is 3.16. The Morgan fingerprint density at radius 1 is 1.12 bits per heavy atom. The molecule has 0 aliphatic heterocycles. The number of nitrogens with zero attached hydrogens (tertiary/aromatic N) is 1. The van der Waals surface area contributed by atoms with Crippen LogP contribution in [0.15, 0.2) is 18.2 Å². The lowest BCUT2D eigenvalue weighted by atomic mass is 9.81. The van der Waals surface area contributed by atoms with Gasteiger partial charge in [0.1, 0.15) is 0 Å². The monoisotopic (exact) mass is 336 g/mol. The molecular formula is C17H24N2O5. The normalized spacial score (nSPS) is 11.8. The first-order chi connectivity index (χ1) is 10.8. The van der Waals surface area contributed by atoms with Crippen molar-refractivity contribution in [3.05, 3.63) is 39.4 Å². The number of carbonyl (C=O) groups excluding carboxylic acids is 2. The van der Waals surface area contributed by atoms with Crippen molar-refractivity contribution in [1.82, 2.24) is 5.32 Å². The van der Waals surface area contributed by atoms with E-state index in [1.54, 1.807) is 0 Å². The maximum absolute atomic E-state index is 12.5. The van der Waals surface area contributed by atoms with Gasteiger partial charge in [-0.15, -0.1) is 0 Å². The number of benzene rings is 1. The van der Waals surface area contributed by atoms with E-state index in [0.717, 1.165) is 12.1 Å². The van der Waals surface area contributed by atoms with Crippen LogP contribution in [-0.2, 0) is 4.74 Å². The Hall–Kier alpha value is -2.44. The van der Waals surface area contributed by atoms with Crippen LogP contribution in [0.3, 0.4) is 0 Å². The summed E-state index contributed by atoms with van der Waals surface area (Å²) in [4.78, 5) is 34.5. The molecule has 1 amide bonds. The molecule has 7 heteroatoms. The lowest BCUT2D eigenvalue weighted by Crippen LogP contribution is -2.45. The van der Waals surface area contributed by atoms with Gasteiger partial charge in [0.25, 0.3) is 11.6 Å².